The molecule has 0 saturated heterocycles. The van der Waals surface area contributed by atoms with Crippen molar-refractivity contribution in [3.8, 4) is 0 Å². The molecule has 1 amide bonds. The van der Waals surface area contributed by atoms with Crippen LogP contribution in [0.4, 0.5) is 5.69 Å². The molecule has 1 aromatic carbocycles. The number of benzene rings is 1. The van der Waals surface area contributed by atoms with Gasteiger partial charge in [-0.1, -0.05) is 12.5 Å². The van der Waals surface area contributed by atoms with Gasteiger partial charge in [0.1, 0.15) is 0 Å². The summed E-state index contributed by atoms with van der Waals surface area (Å²) in [6, 6.07) is 4.74. The zero-order valence-corrected chi connectivity index (χ0v) is 12.8. The molecule has 0 aliphatic carbocycles. The first-order valence-electron chi connectivity index (χ1n) is 6.65. The van der Waals surface area contributed by atoms with Gasteiger partial charge in [0.05, 0.1) is 4.90 Å². The highest BCUT2D eigenvalue weighted by atomic mass is 32.2. The van der Waals surface area contributed by atoms with Crippen molar-refractivity contribution in [2.24, 2.45) is 5.73 Å². The van der Waals surface area contributed by atoms with Gasteiger partial charge in [-0.25, -0.2) is 8.42 Å². The normalized spacial score (nSPS) is 11.3. The van der Waals surface area contributed by atoms with E-state index in [0.29, 0.717) is 18.7 Å². The average molecular weight is 298 g/mol. The van der Waals surface area contributed by atoms with Gasteiger partial charge >= 0.3 is 0 Å². The van der Waals surface area contributed by atoms with E-state index in [2.05, 4.69) is 5.32 Å². The molecular weight excluding hydrogens is 276 g/mol. The molecule has 0 fully saturated rings. The first kappa shape index (κ1) is 16.7. The van der Waals surface area contributed by atoms with Gasteiger partial charge in [0.25, 0.3) is 0 Å². The largest absolute Gasteiger partial charge is 0.330 e. The first-order chi connectivity index (χ1) is 9.34. The van der Waals surface area contributed by atoms with Crippen LogP contribution < -0.4 is 11.1 Å². The number of sulfone groups is 1. The third kappa shape index (κ3) is 5.30. The molecule has 0 aliphatic heterocycles. The average Bonchev–Trinajstić information content (AvgIpc) is 2.36. The van der Waals surface area contributed by atoms with Gasteiger partial charge in [-0.05, 0) is 44.0 Å². The van der Waals surface area contributed by atoms with E-state index >= 15 is 0 Å². The SMILES string of the molecule is Cc1ccc(S(C)(=O)=O)cc1NC(=O)CCCCCN. The van der Waals surface area contributed by atoms with E-state index in [1.807, 2.05) is 6.92 Å². The Morgan fingerprint density at radius 3 is 2.55 bits per heavy atom. The molecule has 0 atom stereocenters. The lowest BCUT2D eigenvalue weighted by Gasteiger charge is -2.10. The van der Waals surface area contributed by atoms with Crippen molar-refractivity contribution in [3.63, 3.8) is 0 Å². The van der Waals surface area contributed by atoms with Crippen LogP contribution in [0.15, 0.2) is 23.1 Å². The summed E-state index contributed by atoms with van der Waals surface area (Å²) in [6.07, 6.45) is 4.19. The molecule has 3 N–H and O–H groups in total. The number of hydrogen-bond donors (Lipinski definition) is 2. The van der Waals surface area contributed by atoms with E-state index in [0.717, 1.165) is 31.1 Å². The number of nitrogens with two attached hydrogens (primary N) is 1. The van der Waals surface area contributed by atoms with Gasteiger partial charge in [-0.3, -0.25) is 4.79 Å². The molecule has 0 aromatic heterocycles. The highest BCUT2D eigenvalue weighted by molar-refractivity contribution is 7.90. The van der Waals surface area contributed by atoms with E-state index in [-0.39, 0.29) is 10.8 Å². The Morgan fingerprint density at radius 2 is 1.95 bits per heavy atom. The number of rotatable bonds is 7. The standard InChI is InChI=1S/C14H22N2O3S/c1-11-7-8-12(20(2,18)19)10-13(11)16-14(17)6-4-3-5-9-15/h7-8,10H,3-6,9,15H2,1-2H3,(H,16,17). The third-order valence-electron chi connectivity index (χ3n) is 3.02. The van der Waals surface area contributed by atoms with Crippen LogP contribution >= 0.6 is 0 Å². The Morgan fingerprint density at radius 1 is 1.25 bits per heavy atom. The van der Waals surface area contributed by atoms with Gasteiger partial charge in [0, 0.05) is 18.4 Å². The molecule has 0 spiro atoms. The number of nitrogens with one attached hydrogen (secondary N) is 1. The number of carbonyl (C=O) groups is 1. The summed E-state index contributed by atoms with van der Waals surface area (Å²) in [5.74, 6) is -0.101. The Balaban J connectivity index is 2.69. The van der Waals surface area contributed by atoms with Gasteiger partial charge in [-0.2, -0.15) is 0 Å². The Bertz CT molecular complexity index is 568. The van der Waals surface area contributed by atoms with Gasteiger partial charge in [-0.15, -0.1) is 0 Å². The second kappa shape index (κ2) is 7.40. The minimum atomic E-state index is -3.27. The molecular formula is C14H22N2O3S. The maximum Gasteiger partial charge on any atom is 0.224 e. The summed E-state index contributed by atoms with van der Waals surface area (Å²) in [5.41, 5.74) is 6.78. The van der Waals surface area contributed by atoms with E-state index in [9.17, 15) is 13.2 Å². The summed E-state index contributed by atoms with van der Waals surface area (Å²) in [5, 5.41) is 2.76. The Kier molecular flexibility index (Phi) is 6.16. The second-order valence-corrected chi connectivity index (χ2v) is 6.91. The zero-order valence-electron chi connectivity index (χ0n) is 12.0. The number of unbranched alkanes of at least 4 members (excludes halogenated alkanes) is 2. The lowest BCUT2D eigenvalue weighted by atomic mass is 10.1. The van der Waals surface area contributed by atoms with Crippen LogP contribution in [0.5, 0.6) is 0 Å². The van der Waals surface area contributed by atoms with Crippen LogP contribution in [0.2, 0.25) is 0 Å². The van der Waals surface area contributed by atoms with Gasteiger partial charge in [0.15, 0.2) is 9.84 Å². The predicted molar refractivity (Wildman–Crippen MR) is 80.4 cm³/mol. The number of amides is 1. The third-order valence-corrected chi connectivity index (χ3v) is 4.13. The van der Waals surface area contributed by atoms with Crippen LogP contribution in [-0.2, 0) is 14.6 Å². The number of hydrogen-bond acceptors (Lipinski definition) is 4. The molecule has 1 rings (SSSR count). The van der Waals surface area contributed by atoms with Crippen LogP contribution in [-0.4, -0.2) is 27.1 Å². The highest BCUT2D eigenvalue weighted by Gasteiger charge is 2.11. The minimum Gasteiger partial charge on any atom is -0.330 e. The Labute approximate surface area is 120 Å². The van der Waals surface area contributed by atoms with E-state index < -0.39 is 9.84 Å². The van der Waals surface area contributed by atoms with E-state index in [4.69, 9.17) is 5.73 Å². The smallest absolute Gasteiger partial charge is 0.224 e. The molecule has 0 aliphatic rings. The van der Waals surface area contributed by atoms with Crippen molar-refractivity contribution in [2.45, 2.75) is 37.5 Å². The lowest BCUT2D eigenvalue weighted by Crippen LogP contribution is -2.13. The van der Waals surface area contributed by atoms with E-state index in [1.165, 1.54) is 6.07 Å². The summed E-state index contributed by atoms with van der Waals surface area (Å²) in [6.45, 7) is 2.47. The molecule has 1 aromatic rings. The molecule has 0 saturated carbocycles. The number of aryl methyl sites for hydroxylation is 1. The topological polar surface area (TPSA) is 89.3 Å². The van der Waals surface area contributed by atoms with Crippen molar-refractivity contribution >= 4 is 21.4 Å². The van der Waals surface area contributed by atoms with Crippen molar-refractivity contribution in [1.82, 2.24) is 0 Å². The predicted octanol–water partition coefficient (Wildman–Crippen LogP) is 1.86. The van der Waals surface area contributed by atoms with Crippen LogP contribution in [0.1, 0.15) is 31.2 Å². The molecule has 112 valence electrons. The quantitative estimate of drug-likeness (QED) is 0.752. The molecule has 0 heterocycles. The molecule has 6 heteroatoms. The van der Waals surface area contributed by atoms with Crippen molar-refractivity contribution < 1.29 is 13.2 Å². The summed E-state index contributed by atoms with van der Waals surface area (Å²) in [4.78, 5) is 12.0. The molecule has 0 radical (unpaired) electrons. The monoisotopic (exact) mass is 298 g/mol. The van der Waals surface area contributed by atoms with E-state index in [1.54, 1.807) is 12.1 Å². The fourth-order valence-corrected chi connectivity index (χ4v) is 2.43. The van der Waals surface area contributed by atoms with Crippen molar-refractivity contribution in [3.05, 3.63) is 23.8 Å². The van der Waals surface area contributed by atoms with Crippen molar-refractivity contribution in [2.75, 3.05) is 18.1 Å². The zero-order chi connectivity index (χ0) is 15.2. The second-order valence-electron chi connectivity index (χ2n) is 4.90. The highest BCUT2D eigenvalue weighted by Crippen LogP contribution is 2.20. The fourth-order valence-electron chi connectivity index (χ4n) is 1.79. The maximum atomic E-state index is 11.8. The van der Waals surface area contributed by atoms with Crippen LogP contribution in [0.25, 0.3) is 0 Å². The summed E-state index contributed by atoms with van der Waals surface area (Å²) < 4.78 is 23.0. The molecule has 5 nitrogen and oxygen atoms in total. The van der Waals surface area contributed by atoms with Crippen LogP contribution in [0.3, 0.4) is 0 Å². The maximum absolute atomic E-state index is 11.8. The van der Waals surface area contributed by atoms with Gasteiger partial charge < -0.3 is 11.1 Å². The van der Waals surface area contributed by atoms with Crippen molar-refractivity contribution in [1.29, 1.82) is 0 Å². The Hall–Kier alpha value is -1.40. The van der Waals surface area contributed by atoms with Gasteiger partial charge in [0.2, 0.25) is 5.91 Å². The number of anilines is 1. The molecule has 0 unspecified atom stereocenters. The lowest BCUT2D eigenvalue weighted by molar-refractivity contribution is -0.116. The summed E-state index contributed by atoms with van der Waals surface area (Å²) >= 11 is 0. The molecule has 0 bridgehead atoms. The number of carbonyl (C=O) groups excluding carboxylic acids is 1. The minimum absolute atomic E-state index is 0.101. The van der Waals surface area contributed by atoms with Crippen LogP contribution in [0, 0.1) is 6.92 Å². The summed E-state index contributed by atoms with van der Waals surface area (Å²) in [7, 11) is -3.27. The first-order valence-corrected chi connectivity index (χ1v) is 8.54. The molecule has 20 heavy (non-hydrogen) atoms. The fraction of sp³-hybridized carbons (Fsp3) is 0.500.